The molecule has 1 unspecified atom stereocenters. The third-order valence-electron chi connectivity index (χ3n) is 2.46. The Kier molecular flexibility index (Phi) is 3.48. The van der Waals surface area contributed by atoms with Crippen LogP contribution < -0.4 is 4.90 Å². The fourth-order valence-electron chi connectivity index (χ4n) is 1.61. The molecule has 0 bridgehead atoms. The molecule has 1 atom stereocenters. The van der Waals surface area contributed by atoms with Gasteiger partial charge in [-0.1, -0.05) is 0 Å². The summed E-state index contributed by atoms with van der Waals surface area (Å²) in [6.07, 6.45) is 0.881. The average molecular weight is 241 g/mol. The van der Waals surface area contributed by atoms with Crippen molar-refractivity contribution in [3.8, 4) is 0 Å². The number of rotatable bonds is 3. The van der Waals surface area contributed by atoms with Gasteiger partial charge >= 0.3 is 5.97 Å². The van der Waals surface area contributed by atoms with E-state index in [4.69, 9.17) is 9.84 Å². The topological polar surface area (TPSA) is 75.5 Å². The fourth-order valence-corrected chi connectivity index (χ4v) is 1.61. The number of hydrogen-bond donors (Lipinski definition) is 1. The Morgan fingerprint density at radius 3 is 3.24 bits per heavy atom. The minimum absolute atomic E-state index is 0.0710. The van der Waals surface area contributed by atoms with Crippen LogP contribution in [-0.2, 0) is 4.74 Å². The van der Waals surface area contributed by atoms with Gasteiger partial charge < -0.3 is 14.7 Å². The molecule has 92 valence electrons. The summed E-state index contributed by atoms with van der Waals surface area (Å²) < 4.78 is 17.7. The highest BCUT2D eigenvalue weighted by molar-refractivity contribution is 5.85. The molecule has 17 heavy (non-hydrogen) atoms. The molecule has 1 saturated heterocycles. The molecule has 7 heteroatoms. The molecule has 0 radical (unpaired) electrons. The number of carboxylic acid groups (broad SMARTS) is 1. The first-order valence-electron chi connectivity index (χ1n) is 5.19. The second kappa shape index (κ2) is 5.05. The summed E-state index contributed by atoms with van der Waals surface area (Å²) in [7, 11) is 0. The number of anilines is 1. The third-order valence-corrected chi connectivity index (χ3v) is 2.46. The number of alkyl halides is 1. The molecular weight excluding hydrogens is 229 g/mol. The van der Waals surface area contributed by atoms with Gasteiger partial charge in [-0.3, -0.25) is 0 Å². The first-order valence-corrected chi connectivity index (χ1v) is 5.19. The second-order valence-corrected chi connectivity index (χ2v) is 3.64. The van der Waals surface area contributed by atoms with Gasteiger partial charge in [0, 0.05) is 19.3 Å². The van der Waals surface area contributed by atoms with Crippen molar-refractivity contribution in [2.45, 2.75) is 6.10 Å². The van der Waals surface area contributed by atoms with Crippen molar-refractivity contribution in [3.63, 3.8) is 0 Å². The fraction of sp³-hybridized carbons (Fsp3) is 0.500. The van der Waals surface area contributed by atoms with E-state index in [-0.39, 0.29) is 5.69 Å². The first-order chi connectivity index (χ1) is 8.20. The zero-order valence-electron chi connectivity index (χ0n) is 9.04. The molecule has 2 heterocycles. The maximum absolute atomic E-state index is 12.5. The molecule has 0 saturated carbocycles. The third kappa shape index (κ3) is 2.68. The number of carboxylic acids is 1. The Balaban J connectivity index is 2.16. The number of morpholine rings is 1. The van der Waals surface area contributed by atoms with Crippen LogP contribution in [-0.4, -0.2) is 53.5 Å². The van der Waals surface area contributed by atoms with Crippen molar-refractivity contribution < 1.29 is 19.0 Å². The number of carbonyl (C=O) groups is 1. The van der Waals surface area contributed by atoms with E-state index < -0.39 is 18.7 Å². The summed E-state index contributed by atoms with van der Waals surface area (Å²) >= 11 is 0. The molecule has 1 N–H and O–H groups in total. The molecule has 0 spiro atoms. The van der Waals surface area contributed by atoms with Crippen molar-refractivity contribution in [1.29, 1.82) is 0 Å². The van der Waals surface area contributed by atoms with Crippen molar-refractivity contribution in [2.24, 2.45) is 0 Å². The molecular formula is C10H12FN3O3. The van der Waals surface area contributed by atoms with Gasteiger partial charge in [0.15, 0.2) is 5.69 Å². The van der Waals surface area contributed by atoms with Gasteiger partial charge in [-0.25, -0.2) is 19.2 Å². The van der Waals surface area contributed by atoms with Crippen molar-refractivity contribution in [1.82, 2.24) is 9.97 Å². The number of hydrogen-bond acceptors (Lipinski definition) is 5. The summed E-state index contributed by atoms with van der Waals surface area (Å²) in [6.45, 7) is 0.670. The number of halogens is 1. The van der Waals surface area contributed by atoms with Crippen LogP contribution in [0.2, 0.25) is 0 Å². The number of ether oxygens (including phenoxy) is 1. The van der Waals surface area contributed by atoms with Gasteiger partial charge in [0.1, 0.15) is 12.8 Å². The Morgan fingerprint density at radius 2 is 2.53 bits per heavy atom. The highest BCUT2D eigenvalue weighted by atomic mass is 19.1. The Labute approximate surface area is 97.0 Å². The summed E-state index contributed by atoms with van der Waals surface area (Å²) in [5, 5.41) is 8.81. The molecule has 6 nitrogen and oxygen atoms in total. The summed E-state index contributed by atoms with van der Waals surface area (Å²) in [5.74, 6) is -0.810. The van der Waals surface area contributed by atoms with Crippen LogP contribution in [0.5, 0.6) is 0 Å². The van der Waals surface area contributed by atoms with E-state index in [0.29, 0.717) is 25.6 Å². The van der Waals surface area contributed by atoms with Crippen LogP contribution in [0.4, 0.5) is 10.3 Å². The SMILES string of the molecule is O=C(O)c1ccnc(N2CCOC(CF)C2)n1. The quantitative estimate of drug-likeness (QED) is 0.823. The maximum atomic E-state index is 12.5. The molecule has 1 aliphatic heterocycles. The van der Waals surface area contributed by atoms with E-state index in [9.17, 15) is 9.18 Å². The predicted molar refractivity (Wildman–Crippen MR) is 56.9 cm³/mol. The molecule has 2 rings (SSSR count). The number of aromatic nitrogens is 2. The van der Waals surface area contributed by atoms with Crippen LogP contribution in [0.3, 0.4) is 0 Å². The molecule has 1 aliphatic rings. The van der Waals surface area contributed by atoms with E-state index in [2.05, 4.69) is 9.97 Å². The van der Waals surface area contributed by atoms with Gasteiger partial charge in [0.2, 0.25) is 5.95 Å². The zero-order chi connectivity index (χ0) is 12.3. The molecule has 1 aromatic heterocycles. The van der Waals surface area contributed by atoms with E-state index in [1.54, 1.807) is 4.90 Å². The first kappa shape index (κ1) is 11.7. The van der Waals surface area contributed by atoms with Crippen LogP contribution >= 0.6 is 0 Å². The van der Waals surface area contributed by atoms with Crippen LogP contribution in [0, 0.1) is 0 Å². The zero-order valence-corrected chi connectivity index (χ0v) is 9.04. The van der Waals surface area contributed by atoms with E-state index in [1.165, 1.54) is 12.3 Å². The lowest BCUT2D eigenvalue weighted by atomic mass is 10.3. The number of aromatic carboxylic acids is 1. The molecule has 0 aromatic carbocycles. The maximum Gasteiger partial charge on any atom is 0.354 e. The summed E-state index contributed by atoms with van der Waals surface area (Å²) in [6, 6.07) is 1.32. The van der Waals surface area contributed by atoms with Gasteiger partial charge in [-0.15, -0.1) is 0 Å². The minimum atomic E-state index is -1.11. The highest BCUT2D eigenvalue weighted by Gasteiger charge is 2.22. The Morgan fingerprint density at radius 1 is 1.71 bits per heavy atom. The Bertz CT molecular complexity index is 416. The van der Waals surface area contributed by atoms with E-state index in [0.717, 1.165) is 0 Å². The standard InChI is InChI=1S/C10H12FN3O3/c11-5-7-6-14(3-4-17-7)10-12-2-1-8(13-10)9(15)16/h1-2,7H,3-6H2,(H,15,16). The van der Waals surface area contributed by atoms with E-state index >= 15 is 0 Å². The lowest BCUT2D eigenvalue weighted by Crippen LogP contribution is -2.44. The van der Waals surface area contributed by atoms with E-state index in [1.807, 2.05) is 0 Å². The lowest BCUT2D eigenvalue weighted by Gasteiger charge is -2.31. The van der Waals surface area contributed by atoms with Crippen molar-refractivity contribution >= 4 is 11.9 Å². The lowest BCUT2D eigenvalue weighted by molar-refractivity contribution is 0.0242. The molecule has 1 aromatic rings. The van der Waals surface area contributed by atoms with Gasteiger partial charge in [-0.2, -0.15) is 0 Å². The van der Waals surface area contributed by atoms with Crippen LogP contribution in [0.25, 0.3) is 0 Å². The number of nitrogens with zero attached hydrogens (tertiary/aromatic N) is 3. The Hall–Kier alpha value is -1.76. The van der Waals surface area contributed by atoms with Crippen LogP contribution in [0.1, 0.15) is 10.5 Å². The van der Waals surface area contributed by atoms with Gasteiger partial charge in [-0.05, 0) is 6.07 Å². The monoisotopic (exact) mass is 241 g/mol. The average Bonchev–Trinajstić information content (AvgIpc) is 2.39. The molecule has 0 amide bonds. The minimum Gasteiger partial charge on any atom is -0.477 e. The summed E-state index contributed by atoms with van der Waals surface area (Å²) in [4.78, 5) is 20.4. The molecule has 0 aliphatic carbocycles. The van der Waals surface area contributed by atoms with Gasteiger partial charge in [0.05, 0.1) is 6.61 Å². The predicted octanol–water partition coefficient (Wildman–Crippen LogP) is 0.349. The normalized spacial score (nSPS) is 20.3. The second-order valence-electron chi connectivity index (χ2n) is 3.64. The molecule has 1 fully saturated rings. The van der Waals surface area contributed by atoms with Crippen molar-refractivity contribution in [3.05, 3.63) is 18.0 Å². The van der Waals surface area contributed by atoms with Crippen molar-refractivity contribution in [2.75, 3.05) is 31.3 Å². The van der Waals surface area contributed by atoms with Gasteiger partial charge in [0.25, 0.3) is 0 Å². The smallest absolute Gasteiger partial charge is 0.354 e. The van der Waals surface area contributed by atoms with Crippen LogP contribution in [0.15, 0.2) is 12.3 Å². The largest absolute Gasteiger partial charge is 0.477 e. The summed E-state index contributed by atoms with van der Waals surface area (Å²) in [5.41, 5.74) is -0.0710. The highest BCUT2D eigenvalue weighted by Crippen LogP contribution is 2.13.